The highest BCUT2D eigenvalue weighted by Crippen LogP contribution is 1.93. The van der Waals surface area contributed by atoms with Gasteiger partial charge in [0.15, 0.2) is 0 Å². The molecule has 0 unspecified atom stereocenters. The van der Waals surface area contributed by atoms with Crippen LogP contribution in [0.25, 0.3) is 0 Å². The van der Waals surface area contributed by atoms with Gasteiger partial charge >= 0.3 is 10.4 Å². The van der Waals surface area contributed by atoms with Gasteiger partial charge < -0.3 is 0 Å². The smallest absolute Gasteiger partial charge is 0.221 e. The molecule has 0 rings (SSSR count). The van der Waals surface area contributed by atoms with Crippen LogP contribution in [0.1, 0.15) is 0 Å². The van der Waals surface area contributed by atoms with Crippen molar-refractivity contribution >= 4 is 10.4 Å². The topological polar surface area (TPSA) is 71.1 Å². The molecule has 0 bridgehead atoms. The second-order valence-electron chi connectivity index (χ2n) is 0.878. The van der Waals surface area contributed by atoms with E-state index in [1.807, 2.05) is 0 Å². The van der Waals surface area contributed by atoms with Crippen molar-refractivity contribution in [2.24, 2.45) is 0 Å². The highest BCUT2D eigenvalue weighted by molar-refractivity contribution is 7.81. The molecule has 0 saturated heterocycles. The van der Waals surface area contributed by atoms with Crippen molar-refractivity contribution in [3.8, 4) is 0 Å². The molecule has 0 N–H and O–H groups in total. The first-order chi connectivity index (χ1) is 4.12. The number of rotatable bonds is 4. The molecule has 0 saturated carbocycles. The lowest BCUT2D eigenvalue weighted by molar-refractivity contribution is -0.233. The predicted molar refractivity (Wildman–Crippen MR) is 25.1 cm³/mol. The second kappa shape index (κ2) is 3.75. The fourth-order valence-corrected chi connectivity index (χ4v) is 0.534. The van der Waals surface area contributed by atoms with Crippen LogP contribution in [0.3, 0.4) is 0 Å². The maximum Gasteiger partial charge on any atom is 0.453 e. The molecule has 0 aromatic heterocycles. The maximum absolute atomic E-state index is 10.1. The Labute approximate surface area is 52.5 Å². The zero-order valence-electron chi connectivity index (χ0n) is 4.86. The van der Waals surface area contributed by atoms with Gasteiger partial charge in [-0.2, -0.15) is 8.42 Å². The molecule has 0 aromatic carbocycles. The molecule has 0 fully saturated rings. The van der Waals surface area contributed by atoms with E-state index in [-0.39, 0.29) is 0 Å². The van der Waals surface area contributed by atoms with E-state index in [2.05, 4.69) is 18.4 Å². The SMILES string of the molecule is COOS(=O)(=O)OOC. The number of hydrogen-bond donors (Lipinski definition) is 0. The van der Waals surface area contributed by atoms with Gasteiger partial charge in [-0.25, -0.2) is 9.78 Å². The van der Waals surface area contributed by atoms with Gasteiger partial charge in [0.1, 0.15) is 0 Å². The third-order valence-corrected chi connectivity index (χ3v) is 0.908. The summed E-state index contributed by atoms with van der Waals surface area (Å²) in [6.07, 6.45) is 0. The Morgan fingerprint density at radius 3 is 1.56 bits per heavy atom. The van der Waals surface area contributed by atoms with E-state index < -0.39 is 10.4 Å². The molecule has 0 spiro atoms. The van der Waals surface area contributed by atoms with Crippen LogP contribution in [0.2, 0.25) is 0 Å². The number of hydrogen-bond acceptors (Lipinski definition) is 6. The molecular formula is C2H6O6S. The third-order valence-electron chi connectivity index (χ3n) is 0.303. The zero-order valence-corrected chi connectivity index (χ0v) is 5.67. The Balaban J connectivity index is 3.73. The monoisotopic (exact) mass is 158 g/mol. The molecule has 0 aliphatic heterocycles. The fourth-order valence-electron chi connectivity index (χ4n) is 0.178. The van der Waals surface area contributed by atoms with Crippen molar-refractivity contribution in [1.82, 2.24) is 0 Å². The normalized spacial score (nSPS) is 11.8. The Morgan fingerprint density at radius 2 is 1.33 bits per heavy atom. The summed E-state index contributed by atoms with van der Waals surface area (Å²) in [4.78, 5) is 7.53. The van der Waals surface area contributed by atoms with E-state index in [0.29, 0.717) is 0 Å². The van der Waals surface area contributed by atoms with Gasteiger partial charge in [0.25, 0.3) is 0 Å². The first kappa shape index (κ1) is 8.79. The minimum atomic E-state index is -4.13. The molecule has 0 aromatic rings. The summed E-state index contributed by atoms with van der Waals surface area (Å²) < 4.78 is 27.5. The van der Waals surface area contributed by atoms with Crippen molar-refractivity contribution in [3.05, 3.63) is 0 Å². The summed E-state index contributed by atoms with van der Waals surface area (Å²) in [5.41, 5.74) is 0. The van der Waals surface area contributed by atoms with Gasteiger partial charge in [-0.05, 0) is 0 Å². The molecule has 0 amide bonds. The van der Waals surface area contributed by atoms with Crippen LogP contribution < -0.4 is 0 Å². The van der Waals surface area contributed by atoms with E-state index >= 15 is 0 Å². The van der Waals surface area contributed by atoms with Gasteiger partial charge in [-0.1, -0.05) is 8.67 Å². The molecule has 0 atom stereocenters. The average Bonchev–Trinajstić information content (AvgIpc) is 1.64. The lowest BCUT2D eigenvalue weighted by Gasteiger charge is -1.96. The van der Waals surface area contributed by atoms with Crippen molar-refractivity contribution < 1.29 is 26.9 Å². The van der Waals surface area contributed by atoms with Gasteiger partial charge in [0.05, 0.1) is 14.2 Å². The molecule has 7 heteroatoms. The molecule has 0 aliphatic rings. The standard InChI is InChI=1S/C2H6O6S/c1-5-7-9(3,4)8-6-2/h1-2H3. The van der Waals surface area contributed by atoms with E-state index in [0.717, 1.165) is 14.2 Å². The first-order valence-corrected chi connectivity index (χ1v) is 3.15. The quantitative estimate of drug-likeness (QED) is 0.401. The van der Waals surface area contributed by atoms with Crippen LogP contribution >= 0.6 is 0 Å². The fraction of sp³-hybridized carbons (Fsp3) is 1.00. The van der Waals surface area contributed by atoms with E-state index in [1.165, 1.54) is 0 Å². The van der Waals surface area contributed by atoms with Crippen LogP contribution in [-0.2, 0) is 28.8 Å². The van der Waals surface area contributed by atoms with Crippen LogP contribution in [0.15, 0.2) is 0 Å². The summed E-state index contributed by atoms with van der Waals surface area (Å²) in [5.74, 6) is 0. The predicted octanol–water partition coefficient (Wildman–Crippen LogP) is -0.613. The summed E-state index contributed by atoms with van der Waals surface area (Å²) >= 11 is 0. The minimum absolute atomic E-state index is 1.02. The average molecular weight is 158 g/mol. The summed E-state index contributed by atoms with van der Waals surface area (Å²) in [6, 6.07) is 0. The summed E-state index contributed by atoms with van der Waals surface area (Å²) in [7, 11) is -2.08. The van der Waals surface area contributed by atoms with Gasteiger partial charge in [0, 0.05) is 0 Å². The van der Waals surface area contributed by atoms with Crippen molar-refractivity contribution in [2.75, 3.05) is 14.2 Å². The Kier molecular flexibility index (Phi) is 3.66. The highest BCUT2D eigenvalue weighted by atomic mass is 32.3. The third kappa shape index (κ3) is 4.30. The van der Waals surface area contributed by atoms with Crippen molar-refractivity contribution in [2.45, 2.75) is 0 Å². The van der Waals surface area contributed by atoms with Crippen LogP contribution in [0, 0.1) is 0 Å². The van der Waals surface area contributed by atoms with Crippen molar-refractivity contribution in [3.63, 3.8) is 0 Å². The van der Waals surface area contributed by atoms with Gasteiger partial charge in [-0.3, -0.25) is 0 Å². The second-order valence-corrected chi connectivity index (χ2v) is 1.97. The highest BCUT2D eigenvalue weighted by Gasteiger charge is 2.11. The maximum atomic E-state index is 10.1. The van der Waals surface area contributed by atoms with Crippen LogP contribution in [0.5, 0.6) is 0 Å². The molecule has 56 valence electrons. The molecule has 0 radical (unpaired) electrons. The molecule has 6 nitrogen and oxygen atoms in total. The van der Waals surface area contributed by atoms with Gasteiger partial charge in [-0.15, -0.1) is 0 Å². The Hall–Kier alpha value is -0.210. The molecule has 9 heavy (non-hydrogen) atoms. The van der Waals surface area contributed by atoms with Gasteiger partial charge in [0.2, 0.25) is 0 Å². The molecule has 0 aliphatic carbocycles. The Morgan fingerprint density at radius 1 is 1.00 bits per heavy atom. The Bertz CT molecular complexity index is 134. The first-order valence-electron chi connectivity index (χ1n) is 1.82. The van der Waals surface area contributed by atoms with E-state index in [4.69, 9.17) is 0 Å². The molecular weight excluding hydrogens is 152 g/mol. The van der Waals surface area contributed by atoms with Crippen molar-refractivity contribution in [1.29, 1.82) is 0 Å². The largest absolute Gasteiger partial charge is 0.453 e. The lowest BCUT2D eigenvalue weighted by Crippen LogP contribution is -2.08. The summed E-state index contributed by atoms with van der Waals surface area (Å²) in [6.45, 7) is 0. The van der Waals surface area contributed by atoms with E-state index in [9.17, 15) is 8.42 Å². The minimum Gasteiger partial charge on any atom is -0.221 e. The zero-order chi connectivity index (χ0) is 7.33. The lowest BCUT2D eigenvalue weighted by atomic mass is 11.8. The van der Waals surface area contributed by atoms with E-state index in [1.54, 1.807) is 0 Å². The van der Waals surface area contributed by atoms with Crippen LogP contribution in [-0.4, -0.2) is 22.6 Å². The molecule has 0 heterocycles. The summed E-state index contributed by atoms with van der Waals surface area (Å²) in [5, 5.41) is 0. The van der Waals surface area contributed by atoms with Crippen LogP contribution in [0.4, 0.5) is 0 Å².